The van der Waals surface area contributed by atoms with Crippen LogP contribution in [-0.2, 0) is 6.54 Å². The van der Waals surface area contributed by atoms with Crippen molar-refractivity contribution >= 4 is 0 Å². The summed E-state index contributed by atoms with van der Waals surface area (Å²) in [6.45, 7) is 5.70. The molecule has 112 valence electrons. The zero-order chi connectivity index (χ0) is 15.2. The Kier molecular flexibility index (Phi) is 5.22. The van der Waals surface area contributed by atoms with Crippen molar-refractivity contribution in [3.05, 3.63) is 53.9 Å². The van der Waals surface area contributed by atoms with Gasteiger partial charge in [-0.25, -0.2) is 8.78 Å². The molecule has 0 radical (unpaired) electrons. The van der Waals surface area contributed by atoms with Gasteiger partial charge in [0.2, 0.25) is 0 Å². The summed E-state index contributed by atoms with van der Waals surface area (Å²) in [5, 5.41) is 3.29. The van der Waals surface area contributed by atoms with E-state index in [0.29, 0.717) is 18.2 Å². The number of ether oxygens (including phenoxy) is 1. The highest BCUT2D eigenvalue weighted by Gasteiger charge is 2.09. The summed E-state index contributed by atoms with van der Waals surface area (Å²) in [5.41, 5.74) is 0.870. The first kappa shape index (κ1) is 15.4. The molecule has 21 heavy (non-hydrogen) atoms. The molecule has 2 rings (SSSR count). The van der Waals surface area contributed by atoms with Gasteiger partial charge < -0.3 is 10.1 Å². The van der Waals surface area contributed by atoms with E-state index in [1.54, 1.807) is 6.20 Å². The Morgan fingerprint density at radius 2 is 2.00 bits per heavy atom. The number of aromatic nitrogens is 1. The molecule has 0 amide bonds. The van der Waals surface area contributed by atoms with Crippen LogP contribution in [-0.4, -0.2) is 11.5 Å². The van der Waals surface area contributed by atoms with Gasteiger partial charge in [0.05, 0.1) is 6.20 Å². The fourth-order valence-electron chi connectivity index (χ4n) is 1.82. The summed E-state index contributed by atoms with van der Waals surface area (Å²) in [6, 6.07) is 5.03. The second-order valence-electron chi connectivity index (χ2n) is 5.18. The lowest BCUT2D eigenvalue weighted by Crippen LogP contribution is -2.19. The monoisotopic (exact) mass is 292 g/mol. The average molecular weight is 292 g/mol. The first-order valence-electron chi connectivity index (χ1n) is 6.82. The van der Waals surface area contributed by atoms with Crippen LogP contribution in [0, 0.1) is 17.6 Å². The van der Waals surface area contributed by atoms with Crippen LogP contribution in [0.5, 0.6) is 11.5 Å². The third-order valence-electron chi connectivity index (χ3n) is 2.85. The SMILES string of the molecule is CC(C)CNCc1ccncc1Oc1ccc(F)cc1F. The van der Waals surface area contributed by atoms with Crippen LogP contribution in [0.1, 0.15) is 19.4 Å². The quantitative estimate of drug-likeness (QED) is 0.877. The van der Waals surface area contributed by atoms with Crippen molar-refractivity contribution in [2.24, 2.45) is 5.92 Å². The van der Waals surface area contributed by atoms with Crippen LogP contribution in [0.2, 0.25) is 0 Å². The van der Waals surface area contributed by atoms with E-state index < -0.39 is 11.6 Å². The molecule has 0 saturated heterocycles. The highest BCUT2D eigenvalue weighted by atomic mass is 19.1. The lowest BCUT2D eigenvalue weighted by molar-refractivity contribution is 0.428. The Balaban J connectivity index is 2.12. The fraction of sp³-hybridized carbons (Fsp3) is 0.312. The van der Waals surface area contributed by atoms with Crippen molar-refractivity contribution in [1.29, 1.82) is 0 Å². The third kappa shape index (κ3) is 4.49. The normalized spacial score (nSPS) is 10.9. The number of hydrogen-bond donors (Lipinski definition) is 1. The maximum absolute atomic E-state index is 13.6. The van der Waals surface area contributed by atoms with Gasteiger partial charge in [-0.3, -0.25) is 4.98 Å². The van der Waals surface area contributed by atoms with Crippen molar-refractivity contribution in [3.8, 4) is 11.5 Å². The van der Waals surface area contributed by atoms with E-state index in [1.165, 1.54) is 12.3 Å². The van der Waals surface area contributed by atoms with Gasteiger partial charge in [-0.05, 0) is 30.7 Å². The Morgan fingerprint density at radius 1 is 1.19 bits per heavy atom. The number of benzene rings is 1. The molecule has 1 N–H and O–H groups in total. The molecule has 0 aliphatic carbocycles. The van der Waals surface area contributed by atoms with Gasteiger partial charge in [-0.1, -0.05) is 13.8 Å². The molecule has 0 aliphatic heterocycles. The number of nitrogens with one attached hydrogen (secondary N) is 1. The molecule has 0 atom stereocenters. The molecule has 2 aromatic rings. The second-order valence-corrected chi connectivity index (χ2v) is 5.18. The van der Waals surface area contributed by atoms with E-state index in [2.05, 4.69) is 24.1 Å². The van der Waals surface area contributed by atoms with E-state index in [4.69, 9.17) is 4.74 Å². The molecule has 1 heterocycles. The minimum atomic E-state index is -0.736. The van der Waals surface area contributed by atoms with Crippen LogP contribution >= 0.6 is 0 Å². The summed E-state index contributed by atoms with van der Waals surface area (Å²) >= 11 is 0. The fourth-order valence-corrected chi connectivity index (χ4v) is 1.82. The van der Waals surface area contributed by atoms with E-state index in [-0.39, 0.29) is 5.75 Å². The first-order chi connectivity index (χ1) is 10.1. The lowest BCUT2D eigenvalue weighted by Gasteiger charge is -2.12. The zero-order valence-corrected chi connectivity index (χ0v) is 12.1. The largest absolute Gasteiger partial charge is 0.452 e. The van der Waals surface area contributed by atoms with Gasteiger partial charge in [0, 0.05) is 24.4 Å². The number of halogens is 2. The second kappa shape index (κ2) is 7.13. The molecule has 0 spiro atoms. The van der Waals surface area contributed by atoms with Crippen LogP contribution in [0.4, 0.5) is 8.78 Å². The molecule has 3 nitrogen and oxygen atoms in total. The highest BCUT2D eigenvalue weighted by Crippen LogP contribution is 2.27. The topological polar surface area (TPSA) is 34.2 Å². The molecule has 1 aromatic carbocycles. The predicted molar refractivity (Wildman–Crippen MR) is 77.2 cm³/mol. The van der Waals surface area contributed by atoms with Crippen molar-refractivity contribution < 1.29 is 13.5 Å². The Hall–Kier alpha value is -2.01. The Bertz CT molecular complexity index is 603. The maximum Gasteiger partial charge on any atom is 0.168 e. The van der Waals surface area contributed by atoms with Crippen LogP contribution < -0.4 is 10.1 Å². The molecule has 0 saturated carbocycles. The van der Waals surface area contributed by atoms with Crippen molar-refractivity contribution in [3.63, 3.8) is 0 Å². The van der Waals surface area contributed by atoms with E-state index >= 15 is 0 Å². The van der Waals surface area contributed by atoms with E-state index in [1.807, 2.05) is 6.07 Å². The smallest absolute Gasteiger partial charge is 0.168 e. The minimum absolute atomic E-state index is 0.0190. The lowest BCUT2D eigenvalue weighted by atomic mass is 10.2. The zero-order valence-electron chi connectivity index (χ0n) is 12.1. The number of pyridine rings is 1. The maximum atomic E-state index is 13.6. The molecule has 1 aromatic heterocycles. The number of nitrogens with zero attached hydrogens (tertiary/aromatic N) is 1. The van der Waals surface area contributed by atoms with E-state index in [9.17, 15) is 8.78 Å². The molecule has 5 heteroatoms. The molecule has 0 unspecified atom stereocenters. The van der Waals surface area contributed by atoms with Crippen LogP contribution in [0.15, 0.2) is 36.7 Å². The van der Waals surface area contributed by atoms with Crippen molar-refractivity contribution in [1.82, 2.24) is 10.3 Å². The first-order valence-corrected chi connectivity index (χ1v) is 6.82. The van der Waals surface area contributed by atoms with Crippen LogP contribution in [0.25, 0.3) is 0 Å². The Morgan fingerprint density at radius 3 is 2.71 bits per heavy atom. The van der Waals surface area contributed by atoms with Gasteiger partial charge in [0.25, 0.3) is 0 Å². The summed E-state index contributed by atoms with van der Waals surface area (Å²) in [6.07, 6.45) is 3.18. The summed E-state index contributed by atoms with van der Waals surface area (Å²) < 4.78 is 32.0. The summed E-state index contributed by atoms with van der Waals surface area (Å²) in [5.74, 6) is -0.399. The number of hydrogen-bond acceptors (Lipinski definition) is 3. The van der Waals surface area contributed by atoms with Gasteiger partial charge in [0.15, 0.2) is 11.6 Å². The standard InChI is InChI=1S/C16H18F2N2O/c1-11(2)8-20-9-12-5-6-19-10-16(12)21-15-4-3-13(17)7-14(15)18/h3-7,10-11,20H,8-9H2,1-2H3. The molecule has 0 aliphatic rings. The van der Waals surface area contributed by atoms with Crippen molar-refractivity contribution in [2.75, 3.05) is 6.54 Å². The van der Waals surface area contributed by atoms with Gasteiger partial charge >= 0.3 is 0 Å². The van der Waals surface area contributed by atoms with E-state index in [0.717, 1.165) is 24.2 Å². The molecular weight excluding hydrogens is 274 g/mol. The highest BCUT2D eigenvalue weighted by molar-refractivity contribution is 5.36. The molecule has 0 fully saturated rings. The van der Waals surface area contributed by atoms with Crippen molar-refractivity contribution in [2.45, 2.75) is 20.4 Å². The average Bonchev–Trinajstić information content (AvgIpc) is 2.43. The number of rotatable bonds is 6. The van der Waals surface area contributed by atoms with Gasteiger partial charge in [-0.2, -0.15) is 0 Å². The Labute approximate surface area is 123 Å². The third-order valence-corrected chi connectivity index (χ3v) is 2.85. The predicted octanol–water partition coefficient (Wildman–Crippen LogP) is 3.90. The summed E-state index contributed by atoms with van der Waals surface area (Å²) in [7, 11) is 0. The van der Waals surface area contributed by atoms with Crippen LogP contribution in [0.3, 0.4) is 0 Å². The minimum Gasteiger partial charge on any atom is -0.452 e. The van der Waals surface area contributed by atoms with Gasteiger partial charge in [-0.15, -0.1) is 0 Å². The molecular formula is C16H18F2N2O. The summed E-state index contributed by atoms with van der Waals surface area (Å²) in [4.78, 5) is 3.98. The van der Waals surface area contributed by atoms with Gasteiger partial charge in [0.1, 0.15) is 11.6 Å². The molecule has 0 bridgehead atoms.